The third-order valence-electron chi connectivity index (χ3n) is 2.61. The molecule has 0 saturated heterocycles. The van der Waals surface area contributed by atoms with Crippen LogP contribution in [0.15, 0.2) is 24.4 Å². The molecule has 19 heavy (non-hydrogen) atoms. The van der Waals surface area contributed by atoms with Crippen LogP contribution in [0.3, 0.4) is 0 Å². The smallest absolute Gasteiger partial charge is 0.322 e. The van der Waals surface area contributed by atoms with Gasteiger partial charge in [-0.05, 0) is 24.6 Å². The average molecular weight is 261 g/mol. The van der Waals surface area contributed by atoms with Crippen molar-refractivity contribution in [2.45, 2.75) is 6.92 Å². The lowest BCUT2D eigenvalue weighted by molar-refractivity contribution is -0.383. The number of benzene rings is 1. The van der Waals surface area contributed by atoms with Crippen LogP contribution in [0.25, 0.3) is 10.8 Å². The number of non-ortho nitro benzene ring substituents is 1. The lowest BCUT2D eigenvalue weighted by Gasteiger charge is -2.08. The van der Waals surface area contributed by atoms with Crippen molar-refractivity contribution >= 4 is 28.2 Å². The fourth-order valence-electron chi connectivity index (χ4n) is 1.86. The number of pyridine rings is 1. The van der Waals surface area contributed by atoms with Crippen LogP contribution in [0.4, 0.5) is 11.5 Å². The van der Waals surface area contributed by atoms with Crippen molar-refractivity contribution in [3.8, 4) is 0 Å². The van der Waals surface area contributed by atoms with Gasteiger partial charge in [0.05, 0.1) is 10.3 Å². The summed E-state index contributed by atoms with van der Waals surface area (Å²) < 4.78 is 0. The molecule has 0 radical (unpaired) electrons. The highest BCUT2D eigenvalue weighted by molar-refractivity contribution is 5.98. The number of nitro groups is 1. The predicted octanol–water partition coefficient (Wildman–Crippen LogP) is 1.95. The number of rotatable bonds is 4. The molecule has 0 aliphatic carbocycles. The monoisotopic (exact) mass is 261 g/mol. The van der Waals surface area contributed by atoms with Crippen molar-refractivity contribution in [3.05, 3.63) is 40.1 Å². The molecule has 1 aromatic heterocycles. The van der Waals surface area contributed by atoms with E-state index >= 15 is 0 Å². The van der Waals surface area contributed by atoms with Gasteiger partial charge in [-0.25, -0.2) is 4.98 Å². The molecule has 0 spiro atoms. The molecule has 1 heterocycles. The van der Waals surface area contributed by atoms with Gasteiger partial charge >= 0.3 is 5.97 Å². The number of carboxylic acid groups (broad SMARTS) is 1. The van der Waals surface area contributed by atoms with E-state index in [-0.39, 0.29) is 12.2 Å². The second kappa shape index (κ2) is 4.89. The van der Waals surface area contributed by atoms with Crippen LogP contribution in [0, 0.1) is 17.0 Å². The molecule has 0 atom stereocenters. The first-order valence-corrected chi connectivity index (χ1v) is 5.48. The number of nitrogens with zero attached hydrogens (tertiary/aromatic N) is 2. The number of carbonyl (C=O) groups is 1. The van der Waals surface area contributed by atoms with E-state index in [2.05, 4.69) is 10.3 Å². The molecule has 0 aliphatic rings. The second-order valence-corrected chi connectivity index (χ2v) is 4.04. The van der Waals surface area contributed by atoms with Crippen LogP contribution in [0.2, 0.25) is 0 Å². The Labute approximate surface area is 108 Å². The van der Waals surface area contributed by atoms with Gasteiger partial charge in [0.25, 0.3) is 5.69 Å². The fraction of sp³-hybridized carbons (Fsp3) is 0.167. The van der Waals surface area contributed by atoms with Crippen molar-refractivity contribution in [3.63, 3.8) is 0 Å². The summed E-state index contributed by atoms with van der Waals surface area (Å²) in [7, 11) is 0. The summed E-state index contributed by atoms with van der Waals surface area (Å²) in [6.07, 6.45) is 1.41. The zero-order valence-electron chi connectivity index (χ0n) is 10.1. The van der Waals surface area contributed by atoms with Crippen molar-refractivity contribution in [2.24, 2.45) is 0 Å². The summed E-state index contributed by atoms with van der Waals surface area (Å²) in [6, 6.07) is 4.75. The number of nitro benzene ring substituents is 1. The van der Waals surface area contributed by atoms with E-state index in [0.29, 0.717) is 22.2 Å². The minimum absolute atomic E-state index is 0.0178. The van der Waals surface area contributed by atoms with Crippen LogP contribution in [-0.2, 0) is 4.79 Å². The molecule has 7 nitrogen and oxygen atoms in total. The van der Waals surface area contributed by atoms with Crippen LogP contribution >= 0.6 is 0 Å². The lowest BCUT2D eigenvalue weighted by atomic mass is 10.1. The maximum atomic E-state index is 11.0. The Morgan fingerprint density at radius 3 is 2.84 bits per heavy atom. The van der Waals surface area contributed by atoms with Crippen molar-refractivity contribution in [1.82, 2.24) is 4.98 Å². The number of aromatic nitrogens is 1. The predicted molar refractivity (Wildman–Crippen MR) is 69.3 cm³/mol. The number of hydrogen-bond donors (Lipinski definition) is 2. The maximum absolute atomic E-state index is 11.0. The minimum atomic E-state index is -1.03. The van der Waals surface area contributed by atoms with Gasteiger partial charge in [-0.2, -0.15) is 0 Å². The van der Waals surface area contributed by atoms with Crippen LogP contribution in [-0.4, -0.2) is 27.5 Å². The summed E-state index contributed by atoms with van der Waals surface area (Å²) in [5.74, 6) is -0.701. The van der Waals surface area contributed by atoms with Gasteiger partial charge in [0.15, 0.2) is 0 Å². The standard InChI is InChI=1S/C12H11N3O4/c1-7-4-9-8(10(5-7)15(18)19)2-3-13-12(9)14-6-11(16)17/h2-5H,6H2,1H3,(H,13,14)(H,16,17). The Hall–Kier alpha value is -2.70. The number of aryl methyl sites for hydroxylation is 1. The quantitative estimate of drug-likeness (QED) is 0.643. The Balaban J connectivity index is 2.61. The molecule has 2 N–H and O–H groups in total. The SMILES string of the molecule is Cc1cc([N+](=O)[O-])c2ccnc(NCC(=O)O)c2c1. The first kappa shape index (κ1) is 12.7. The van der Waals surface area contributed by atoms with Gasteiger partial charge in [-0.15, -0.1) is 0 Å². The molecular formula is C12H11N3O4. The lowest BCUT2D eigenvalue weighted by Crippen LogP contribution is -2.13. The molecule has 0 fully saturated rings. The molecule has 98 valence electrons. The highest BCUT2D eigenvalue weighted by atomic mass is 16.6. The van der Waals surface area contributed by atoms with Gasteiger partial charge in [0, 0.05) is 17.6 Å². The molecule has 0 bridgehead atoms. The summed E-state index contributed by atoms with van der Waals surface area (Å²) in [4.78, 5) is 25.1. The maximum Gasteiger partial charge on any atom is 0.322 e. The third kappa shape index (κ3) is 2.59. The normalized spacial score (nSPS) is 10.4. The van der Waals surface area contributed by atoms with E-state index in [4.69, 9.17) is 5.11 Å². The number of carboxylic acids is 1. The first-order valence-electron chi connectivity index (χ1n) is 5.48. The fourth-order valence-corrected chi connectivity index (χ4v) is 1.86. The van der Waals surface area contributed by atoms with Crippen molar-refractivity contribution in [1.29, 1.82) is 0 Å². The molecule has 2 aromatic rings. The molecule has 0 saturated carbocycles. The Bertz CT molecular complexity index is 669. The Morgan fingerprint density at radius 1 is 1.47 bits per heavy atom. The Kier molecular flexibility index (Phi) is 3.28. The largest absolute Gasteiger partial charge is 0.480 e. The van der Waals surface area contributed by atoms with E-state index in [9.17, 15) is 14.9 Å². The van der Waals surface area contributed by atoms with Gasteiger partial charge in [-0.3, -0.25) is 14.9 Å². The molecule has 2 rings (SSSR count). The highest BCUT2D eigenvalue weighted by Gasteiger charge is 2.15. The third-order valence-corrected chi connectivity index (χ3v) is 2.61. The number of nitrogens with one attached hydrogen (secondary N) is 1. The molecule has 7 heteroatoms. The van der Waals surface area contributed by atoms with E-state index < -0.39 is 10.9 Å². The number of fused-ring (bicyclic) bond motifs is 1. The van der Waals surface area contributed by atoms with Crippen LogP contribution in [0.5, 0.6) is 0 Å². The first-order chi connectivity index (χ1) is 8.99. The Morgan fingerprint density at radius 2 is 2.21 bits per heavy atom. The van der Waals surface area contributed by atoms with Gasteiger partial charge in [0.1, 0.15) is 12.4 Å². The molecular weight excluding hydrogens is 250 g/mol. The summed E-state index contributed by atoms with van der Waals surface area (Å²) in [5, 5.41) is 23.3. The number of anilines is 1. The highest BCUT2D eigenvalue weighted by Crippen LogP contribution is 2.30. The average Bonchev–Trinajstić information content (AvgIpc) is 2.35. The van der Waals surface area contributed by atoms with Crippen molar-refractivity contribution < 1.29 is 14.8 Å². The summed E-state index contributed by atoms with van der Waals surface area (Å²) in [5.41, 5.74) is 0.696. The molecule has 0 aliphatic heterocycles. The molecule has 0 unspecified atom stereocenters. The van der Waals surface area contributed by atoms with E-state index in [1.54, 1.807) is 19.1 Å². The van der Waals surface area contributed by atoms with Gasteiger partial charge in [0.2, 0.25) is 0 Å². The van der Waals surface area contributed by atoms with E-state index in [0.717, 1.165) is 0 Å². The van der Waals surface area contributed by atoms with Crippen molar-refractivity contribution in [2.75, 3.05) is 11.9 Å². The van der Waals surface area contributed by atoms with Gasteiger partial charge < -0.3 is 10.4 Å². The number of hydrogen-bond acceptors (Lipinski definition) is 5. The van der Waals surface area contributed by atoms with Gasteiger partial charge in [-0.1, -0.05) is 0 Å². The molecule has 0 amide bonds. The van der Waals surface area contributed by atoms with E-state index in [1.165, 1.54) is 12.3 Å². The molecule has 1 aromatic carbocycles. The summed E-state index contributed by atoms with van der Waals surface area (Å²) in [6.45, 7) is 1.44. The second-order valence-electron chi connectivity index (χ2n) is 4.04. The van der Waals surface area contributed by atoms with Crippen LogP contribution < -0.4 is 5.32 Å². The topological polar surface area (TPSA) is 105 Å². The van der Waals surface area contributed by atoms with E-state index in [1.807, 2.05) is 0 Å². The number of aliphatic carboxylic acids is 1. The minimum Gasteiger partial charge on any atom is -0.480 e. The zero-order valence-corrected chi connectivity index (χ0v) is 10.1. The summed E-state index contributed by atoms with van der Waals surface area (Å²) >= 11 is 0. The van der Waals surface area contributed by atoms with Crippen LogP contribution in [0.1, 0.15) is 5.56 Å². The zero-order chi connectivity index (χ0) is 14.0.